The maximum absolute atomic E-state index is 12.2. The number of benzene rings is 1. The summed E-state index contributed by atoms with van der Waals surface area (Å²) >= 11 is 6.81. The van der Waals surface area contributed by atoms with Crippen molar-refractivity contribution in [3.63, 3.8) is 0 Å². The van der Waals surface area contributed by atoms with Crippen molar-refractivity contribution in [2.45, 2.75) is 17.1 Å². The van der Waals surface area contributed by atoms with Crippen molar-refractivity contribution in [3.05, 3.63) is 52.4 Å². The zero-order valence-corrected chi connectivity index (χ0v) is 20.7. The van der Waals surface area contributed by atoms with E-state index in [-0.39, 0.29) is 47.3 Å². The monoisotopic (exact) mass is 572 g/mol. The first kappa shape index (κ1) is 26.1. The lowest BCUT2D eigenvalue weighted by atomic mass is 10.0. The lowest BCUT2D eigenvalue weighted by Crippen LogP contribution is -2.41. The summed E-state index contributed by atoms with van der Waals surface area (Å²) in [5, 5.41) is 15.8. The fourth-order valence-electron chi connectivity index (χ4n) is 2.42. The SMILES string of the molecule is CCNC(=NCC(CO)c1ccccc1)NCCNS(=O)(=O)c1ccc(Cl)s1.I. The molecule has 0 amide bonds. The molecule has 1 aromatic carbocycles. The lowest BCUT2D eigenvalue weighted by molar-refractivity contribution is 0.268. The van der Waals surface area contributed by atoms with Crippen LogP contribution in [-0.4, -0.2) is 52.3 Å². The molecule has 0 saturated heterocycles. The van der Waals surface area contributed by atoms with E-state index in [0.29, 0.717) is 29.9 Å². The highest BCUT2D eigenvalue weighted by atomic mass is 127. The van der Waals surface area contributed by atoms with E-state index in [4.69, 9.17) is 11.6 Å². The summed E-state index contributed by atoms with van der Waals surface area (Å²) in [4.78, 5) is 4.50. The molecule has 1 heterocycles. The number of sulfonamides is 1. The Hall–Kier alpha value is -0.920. The summed E-state index contributed by atoms with van der Waals surface area (Å²) in [6.07, 6.45) is 0. The number of halogens is 2. The molecule has 4 N–H and O–H groups in total. The molecule has 1 atom stereocenters. The van der Waals surface area contributed by atoms with E-state index in [1.54, 1.807) is 6.07 Å². The smallest absolute Gasteiger partial charge is 0.250 e. The van der Waals surface area contributed by atoms with Gasteiger partial charge in [0, 0.05) is 25.6 Å². The summed E-state index contributed by atoms with van der Waals surface area (Å²) in [6.45, 7) is 3.58. The van der Waals surface area contributed by atoms with Crippen LogP contribution >= 0.6 is 46.9 Å². The predicted octanol–water partition coefficient (Wildman–Crippen LogP) is 2.63. The predicted molar refractivity (Wildman–Crippen MR) is 130 cm³/mol. The summed E-state index contributed by atoms with van der Waals surface area (Å²) in [7, 11) is -3.56. The van der Waals surface area contributed by atoms with Crippen LogP contribution in [0.25, 0.3) is 0 Å². The van der Waals surface area contributed by atoms with Crippen LogP contribution in [0.3, 0.4) is 0 Å². The third-order valence-electron chi connectivity index (χ3n) is 3.83. The van der Waals surface area contributed by atoms with Gasteiger partial charge in [-0.1, -0.05) is 41.9 Å². The number of rotatable bonds is 10. The summed E-state index contributed by atoms with van der Waals surface area (Å²) in [5.74, 6) is 0.467. The molecule has 0 fully saturated rings. The Morgan fingerprint density at radius 2 is 1.90 bits per heavy atom. The number of nitrogens with zero attached hydrogens (tertiary/aromatic N) is 1. The van der Waals surface area contributed by atoms with E-state index in [1.165, 1.54) is 6.07 Å². The van der Waals surface area contributed by atoms with Crippen LogP contribution in [-0.2, 0) is 10.0 Å². The van der Waals surface area contributed by atoms with E-state index in [2.05, 4.69) is 20.3 Å². The first-order valence-electron chi connectivity index (χ1n) is 8.89. The largest absolute Gasteiger partial charge is 0.396 e. The van der Waals surface area contributed by atoms with E-state index in [9.17, 15) is 13.5 Å². The number of aliphatic hydroxyl groups is 1. The van der Waals surface area contributed by atoms with Gasteiger partial charge in [0.15, 0.2) is 5.96 Å². The maximum Gasteiger partial charge on any atom is 0.250 e. The topological polar surface area (TPSA) is 103 Å². The Bertz CT molecular complexity index is 863. The standard InChI is InChI=1S/C18H25ClN4O3S2.HI/c1-2-20-18(22-12-15(13-24)14-6-4-3-5-7-14)21-10-11-23-28(25,26)17-9-8-16(19)27-17;/h3-9,15,23-24H,2,10-13H2,1H3,(H2,20,21,22);1H. The van der Waals surface area contributed by atoms with Crippen molar-refractivity contribution in [2.75, 3.05) is 32.8 Å². The Kier molecular flexibility index (Phi) is 12.1. The number of aliphatic hydroxyl groups excluding tert-OH is 1. The molecule has 0 spiro atoms. The number of thiophene rings is 1. The van der Waals surface area contributed by atoms with Crippen LogP contribution < -0.4 is 15.4 Å². The first-order chi connectivity index (χ1) is 13.5. The quantitative estimate of drug-likeness (QED) is 0.152. The highest BCUT2D eigenvalue weighted by Crippen LogP contribution is 2.25. The van der Waals surface area contributed by atoms with Crippen LogP contribution in [0.1, 0.15) is 18.4 Å². The Balaban J connectivity index is 0.00000420. The van der Waals surface area contributed by atoms with Gasteiger partial charge in [-0.15, -0.1) is 35.3 Å². The third kappa shape index (κ3) is 8.77. The molecule has 1 unspecified atom stereocenters. The second kappa shape index (κ2) is 13.4. The van der Waals surface area contributed by atoms with Gasteiger partial charge in [-0.3, -0.25) is 4.99 Å². The molecule has 0 aliphatic carbocycles. The van der Waals surface area contributed by atoms with Gasteiger partial charge in [-0.25, -0.2) is 13.1 Å². The minimum absolute atomic E-state index is 0. The van der Waals surface area contributed by atoms with Gasteiger partial charge in [0.25, 0.3) is 0 Å². The average Bonchev–Trinajstić information content (AvgIpc) is 3.14. The Morgan fingerprint density at radius 1 is 1.17 bits per heavy atom. The van der Waals surface area contributed by atoms with E-state index < -0.39 is 10.0 Å². The molecular formula is C18H26ClIN4O3S2. The van der Waals surface area contributed by atoms with Gasteiger partial charge in [0.2, 0.25) is 10.0 Å². The molecule has 0 aliphatic rings. The molecule has 162 valence electrons. The zero-order valence-electron chi connectivity index (χ0n) is 16.0. The van der Waals surface area contributed by atoms with Crippen molar-refractivity contribution < 1.29 is 13.5 Å². The van der Waals surface area contributed by atoms with E-state index >= 15 is 0 Å². The van der Waals surface area contributed by atoms with Crippen LogP contribution in [0.5, 0.6) is 0 Å². The van der Waals surface area contributed by atoms with Crippen LogP contribution in [0, 0.1) is 0 Å². The number of hydrogen-bond donors (Lipinski definition) is 4. The fourth-order valence-corrected chi connectivity index (χ4v) is 4.98. The van der Waals surface area contributed by atoms with Gasteiger partial charge < -0.3 is 15.7 Å². The summed E-state index contributed by atoms with van der Waals surface area (Å²) in [5.41, 5.74) is 1.02. The van der Waals surface area contributed by atoms with Gasteiger partial charge in [-0.05, 0) is 24.6 Å². The number of aliphatic imine (C=N–C) groups is 1. The highest BCUT2D eigenvalue weighted by Gasteiger charge is 2.16. The van der Waals surface area contributed by atoms with Crippen molar-refractivity contribution >= 4 is 62.9 Å². The Morgan fingerprint density at radius 3 is 2.48 bits per heavy atom. The van der Waals surface area contributed by atoms with Crippen LogP contribution in [0.15, 0.2) is 51.7 Å². The summed E-state index contributed by atoms with van der Waals surface area (Å²) < 4.78 is 27.5. The summed E-state index contributed by atoms with van der Waals surface area (Å²) in [6, 6.07) is 12.7. The van der Waals surface area contributed by atoms with Crippen LogP contribution in [0.4, 0.5) is 0 Å². The second-order valence-corrected chi connectivity index (χ2v) is 9.60. The molecule has 0 saturated carbocycles. The maximum atomic E-state index is 12.2. The minimum atomic E-state index is -3.56. The fraction of sp³-hybridized carbons (Fsp3) is 0.389. The number of guanidine groups is 1. The molecule has 1 aromatic heterocycles. The van der Waals surface area contributed by atoms with Crippen molar-refractivity contribution in [3.8, 4) is 0 Å². The molecular weight excluding hydrogens is 547 g/mol. The van der Waals surface area contributed by atoms with E-state index in [0.717, 1.165) is 16.9 Å². The third-order valence-corrected chi connectivity index (χ3v) is 7.01. The molecule has 11 heteroatoms. The van der Waals surface area contributed by atoms with Crippen molar-refractivity contribution in [2.24, 2.45) is 4.99 Å². The van der Waals surface area contributed by atoms with Crippen molar-refractivity contribution in [1.82, 2.24) is 15.4 Å². The van der Waals surface area contributed by atoms with Gasteiger partial charge in [-0.2, -0.15) is 0 Å². The molecule has 29 heavy (non-hydrogen) atoms. The highest BCUT2D eigenvalue weighted by molar-refractivity contribution is 14.0. The molecule has 0 aliphatic heterocycles. The van der Waals surface area contributed by atoms with Crippen molar-refractivity contribution in [1.29, 1.82) is 0 Å². The molecule has 7 nitrogen and oxygen atoms in total. The van der Waals surface area contributed by atoms with E-state index in [1.807, 2.05) is 37.3 Å². The Labute approximate surface area is 198 Å². The number of hydrogen-bond acceptors (Lipinski definition) is 5. The second-order valence-electron chi connectivity index (χ2n) is 5.89. The van der Waals surface area contributed by atoms with Gasteiger partial charge in [0.1, 0.15) is 4.21 Å². The zero-order chi connectivity index (χ0) is 20.4. The number of nitrogens with one attached hydrogen (secondary N) is 3. The van der Waals surface area contributed by atoms with Gasteiger partial charge >= 0.3 is 0 Å². The normalized spacial score (nSPS) is 12.9. The molecule has 2 rings (SSSR count). The first-order valence-corrected chi connectivity index (χ1v) is 11.6. The average molecular weight is 573 g/mol. The lowest BCUT2D eigenvalue weighted by Gasteiger charge is -2.15. The molecule has 0 bridgehead atoms. The molecule has 0 radical (unpaired) electrons. The van der Waals surface area contributed by atoms with Crippen LogP contribution in [0.2, 0.25) is 4.34 Å². The molecule has 2 aromatic rings. The minimum Gasteiger partial charge on any atom is -0.396 e. The van der Waals surface area contributed by atoms with Gasteiger partial charge in [0.05, 0.1) is 17.5 Å².